The van der Waals surface area contributed by atoms with Crippen LogP contribution in [-0.2, 0) is 0 Å². The molecular weight excluding hydrogens is 206 g/mol. The van der Waals surface area contributed by atoms with Crippen molar-refractivity contribution in [3.8, 4) is 0 Å². The van der Waals surface area contributed by atoms with Gasteiger partial charge in [0.2, 0.25) is 0 Å². The molecule has 4 rings (SSSR count). The van der Waals surface area contributed by atoms with Crippen molar-refractivity contribution >= 4 is 0 Å². The molecule has 2 heterocycles. The average Bonchev–Trinajstić information content (AvgIpc) is 2.95. The molecule has 2 aliphatic heterocycles. The maximum Gasteiger partial charge on any atom is 0.0360 e. The van der Waals surface area contributed by atoms with Crippen molar-refractivity contribution in [2.24, 2.45) is 0 Å². The molecule has 2 bridgehead atoms. The summed E-state index contributed by atoms with van der Waals surface area (Å²) in [7, 11) is 0. The van der Waals surface area contributed by atoms with Gasteiger partial charge in [-0.25, -0.2) is 0 Å². The first-order valence-electron chi connectivity index (χ1n) is 7.31. The minimum atomic E-state index is 0.757. The van der Waals surface area contributed by atoms with Crippen molar-refractivity contribution in [1.82, 2.24) is 4.90 Å². The SMILES string of the molecule is c1ccc2c(c1)C1CCCC2N1C1CCCC1. The van der Waals surface area contributed by atoms with Crippen LogP contribution in [0.5, 0.6) is 0 Å². The second-order valence-corrected chi connectivity index (χ2v) is 5.98. The summed E-state index contributed by atoms with van der Waals surface area (Å²) >= 11 is 0. The second-order valence-electron chi connectivity index (χ2n) is 5.98. The van der Waals surface area contributed by atoms with Crippen LogP contribution in [0.1, 0.15) is 68.2 Å². The highest BCUT2D eigenvalue weighted by Crippen LogP contribution is 2.53. The molecule has 1 nitrogen and oxygen atoms in total. The van der Waals surface area contributed by atoms with E-state index in [1.807, 2.05) is 0 Å². The molecule has 1 heteroatoms. The number of hydrogen-bond acceptors (Lipinski definition) is 1. The molecule has 3 aliphatic rings. The second kappa shape index (κ2) is 3.84. The fraction of sp³-hybridized carbons (Fsp3) is 0.625. The van der Waals surface area contributed by atoms with E-state index in [-0.39, 0.29) is 0 Å². The molecule has 1 saturated heterocycles. The van der Waals surface area contributed by atoms with Crippen LogP contribution in [0.3, 0.4) is 0 Å². The Morgan fingerprint density at radius 2 is 1.35 bits per heavy atom. The van der Waals surface area contributed by atoms with E-state index in [9.17, 15) is 0 Å². The third-order valence-electron chi connectivity index (χ3n) is 5.14. The Morgan fingerprint density at radius 1 is 0.765 bits per heavy atom. The summed E-state index contributed by atoms with van der Waals surface area (Å²) in [5.41, 5.74) is 3.31. The summed E-state index contributed by atoms with van der Waals surface area (Å²) in [4.78, 5) is 2.89. The number of rotatable bonds is 1. The molecule has 1 aliphatic carbocycles. The Hall–Kier alpha value is -0.820. The summed E-state index contributed by atoms with van der Waals surface area (Å²) in [6, 6.07) is 11.6. The van der Waals surface area contributed by atoms with Crippen LogP contribution < -0.4 is 0 Å². The number of piperidine rings is 1. The molecule has 1 aromatic rings. The van der Waals surface area contributed by atoms with Crippen molar-refractivity contribution in [1.29, 1.82) is 0 Å². The Kier molecular flexibility index (Phi) is 2.29. The zero-order valence-corrected chi connectivity index (χ0v) is 10.4. The third kappa shape index (κ3) is 1.41. The molecule has 1 aromatic carbocycles. The standard InChI is InChI=1S/C16H21N/c1-2-7-12(6-1)17-15-10-5-11-16(17)14-9-4-3-8-13(14)15/h3-4,8-9,12,15-16H,1-2,5-7,10-11H2. The summed E-state index contributed by atoms with van der Waals surface area (Å²) in [6.45, 7) is 0. The average molecular weight is 227 g/mol. The molecular formula is C16H21N. The molecule has 90 valence electrons. The number of nitrogens with zero attached hydrogens (tertiary/aromatic N) is 1. The van der Waals surface area contributed by atoms with Crippen molar-refractivity contribution in [2.45, 2.75) is 63.1 Å². The molecule has 17 heavy (non-hydrogen) atoms. The van der Waals surface area contributed by atoms with Gasteiger partial charge >= 0.3 is 0 Å². The van der Waals surface area contributed by atoms with Gasteiger partial charge in [0.1, 0.15) is 0 Å². The fourth-order valence-corrected chi connectivity index (χ4v) is 4.48. The van der Waals surface area contributed by atoms with Crippen LogP contribution in [-0.4, -0.2) is 10.9 Å². The van der Waals surface area contributed by atoms with Gasteiger partial charge in [-0.2, -0.15) is 0 Å². The predicted octanol–water partition coefficient (Wildman–Crippen LogP) is 4.21. The lowest BCUT2D eigenvalue weighted by Gasteiger charge is -2.39. The van der Waals surface area contributed by atoms with Gasteiger partial charge < -0.3 is 0 Å². The molecule has 1 saturated carbocycles. The van der Waals surface area contributed by atoms with Gasteiger partial charge in [-0.3, -0.25) is 4.90 Å². The number of fused-ring (bicyclic) bond motifs is 5. The number of hydrogen-bond donors (Lipinski definition) is 0. The Bertz CT molecular complexity index is 388. The van der Waals surface area contributed by atoms with Gasteiger partial charge in [-0.05, 0) is 43.2 Å². The molecule has 0 spiro atoms. The van der Waals surface area contributed by atoms with E-state index in [0.717, 1.165) is 18.1 Å². The summed E-state index contributed by atoms with van der Waals surface area (Å²) < 4.78 is 0. The van der Waals surface area contributed by atoms with E-state index >= 15 is 0 Å². The topological polar surface area (TPSA) is 3.24 Å². The largest absolute Gasteiger partial charge is 0.286 e. The first-order valence-corrected chi connectivity index (χ1v) is 7.31. The highest BCUT2D eigenvalue weighted by atomic mass is 15.2. The van der Waals surface area contributed by atoms with Crippen LogP contribution in [0.4, 0.5) is 0 Å². The Balaban J connectivity index is 1.75. The van der Waals surface area contributed by atoms with Crippen molar-refractivity contribution < 1.29 is 0 Å². The molecule has 0 radical (unpaired) electrons. The molecule has 2 unspecified atom stereocenters. The van der Waals surface area contributed by atoms with Gasteiger partial charge in [-0.1, -0.05) is 37.1 Å². The smallest absolute Gasteiger partial charge is 0.0360 e. The third-order valence-corrected chi connectivity index (χ3v) is 5.14. The summed E-state index contributed by atoms with van der Waals surface area (Å²) in [6.07, 6.45) is 10.0. The van der Waals surface area contributed by atoms with E-state index in [1.165, 1.54) is 44.9 Å². The maximum absolute atomic E-state index is 2.89. The highest BCUT2D eigenvalue weighted by Gasteiger charge is 2.44. The molecule has 2 atom stereocenters. The van der Waals surface area contributed by atoms with Gasteiger partial charge in [0.15, 0.2) is 0 Å². The summed E-state index contributed by atoms with van der Waals surface area (Å²) in [5.74, 6) is 0. The first kappa shape index (κ1) is 10.1. The zero-order valence-electron chi connectivity index (χ0n) is 10.4. The molecule has 0 amide bonds. The Labute approximate surface area is 104 Å². The van der Waals surface area contributed by atoms with Crippen LogP contribution in [0.15, 0.2) is 24.3 Å². The van der Waals surface area contributed by atoms with Crippen LogP contribution in [0, 0.1) is 0 Å². The van der Waals surface area contributed by atoms with E-state index < -0.39 is 0 Å². The monoisotopic (exact) mass is 227 g/mol. The van der Waals surface area contributed by atoms with Crippen LogP contribution >= 0.6 is 0 Å². The first-order chi connectivity index (χ1) is 8.45. The van der Waals surface area contributed by atoms with Gasteiger partial charge in [0.05, 0.1) is 0 Å². The van der Waals surface area contributed by atoms with Crippen molar-refractivity contribution in [2.75, 3.05) is 0 Å². The lowest BCUT2D eigenvalue weighted by Crippen LogP contribution is -2.37. The van der Waals surface area contributed by atoms with Crippen molar-refractivity contribution in [3.63, 3.8) is 0 Å². The zero-order chi connectivity index (χ0) is 11.2. The van der Waals surface area contributed by atoms with Crippen molar-refractivity contribution in [3.05, 3.63) is 35.4 Å². The van der Waals surface area contributed by atoms with Gasteiger partial charge in [0.25, 0.3) is 0 Å². The minimum Gasteiger partial charge on any atom is -0.286 e. The van der Waals surface area contributed by atoms with Crippen LogP contribution in [0.2, 0.25) is 0 Å². The van der Waals surface area contributed by atoms with E-state index in [1.54, 1.807) is 11.1 Å². The minimum absolute atomic E-state index is 0.757. The lowest BCUT2D eigenvalue weighted by atomic mass is 9.97. The number of benzene rings is 1. The fourth-order valence-electron chi connectivity index (χ4n) is 4.48. The molecule has 2 fully saturated rings. The summed E-state index contributed by atoms with van der Waals surface area (Å²) in [5, 5.41) is 0. The predicted molar refractivity (Wildman–Crippen MR) is 69.9 cm³/mol. The normalized spacial score (nSPS) is 32.9. The molecule has 0 aromatic heterocycles. The van der Waals surface area contributed by atoms with Gasteiger partial charge in [0, 0.05) is 18.1 Å². The highest BCUT2D eigenvalue weighted by molar-refractivity contribution is 5.39. The van der Waals surface area contributed by atoms with E-state index in [2.05, 4.69) is 29.2 Å². The maximum atomic E-state index is 2.89. The lowest BCUT2D eigenvalue weighted by molar-refractivity contribution is 0.0612. The Morgan fingerprint density at radius 3 is 1.94 bits per heavy atom. The van der Waals surface area contributed by atoms with E-state index in [4.69, 9.17) is 0 Å². The molecule has 0 N–H and O–H groups in total. The van der Waals surface area contributed by atoms with E-state index in [0.29, 0.717) is 0 Å². The van der Waals surface area contributed by atoms with Crippen LogP contribution in [0.25, 0.3) is 0 Å². The van der Waals surface area contributed by atoms with Gasteiger partial charge in [-0.15, -0.1) is 0 Å². The quantitative estimate of drug-likeness (QED) is 0.694.